The number of hydrogen-bond acceptors (Lipinski definition) is 1. The zero-order valence-corrected chi connectivity index (χ0v) is 13.8. The molecule has 0 fully saturated rings. The lowest BCUT2D eigenvalue weighted by molar-refractivity contribution is 0.372. The number of benzene rings is 3. The van der Waals surface area contributed by atoms with E-state index in [1.165, 1.54) is 37.5 Å². The first-order valence-corrected chi connectivity index (χ1v) is 7.76. The molecule has 0 heterocycles. The molecule has 0 saturated carbocycles. The second-order valence-corrected chi connectivity index (χ2v) is 5.54. The fourth-order valence-corrected chi connectivity index (χ4v) is 2.52. The molecule has 1 nitrogen and oxygen atoms in total. The van der Waals surface area contributed by atoms with E-state index < -0.39 is 23.3 Å². The summed E-state index contributed by atoms with van der Waals surface area (Å²) in [4.78, 5) is 0. The van der Waals surface area contributed by atoms with E-state index in [-0.39, 0.29) is 16.9 Å². The standard InChI is InChI=1S/C21H14F4O/c1-26-18-12-11-16(20(24)21(18)25)14-8-5-13(6-9-14)7-10-15-3-2-4-17(22)19(15)23/h2-12H,1H3/b10-7+. The minimum absolute atomic E-state index is 0.106. The number of methoxy groups -OCH3 is 1. The SMILES string of the molecule is COc1ccc(-c2ccc(/C=C/c3cccc(F)c3F)cc2)c(F)c1F. The van der Waals surface area contributed by atoms with Gasteiger partial charge in [-0.15, -0.1) is 0 Å². The van der Waals surface area contributed by atoms with Gasteiger partial charge in [0.25, 0.3) is 0 Å². The van der Waals surface area contributed by atoms with Crippen molar-refractivity contribution in [3.8, 4) is 16.9 Å². The molecule has 5 heteroatoms. The van der Waals surface area contributed by atoms with E-state index in [9.17, 15) is 17.6 Å². The highest BCUT2D eigenvalue weighted by Gasteiger charge is 2.15. The predicted octanol–water partition coefficient (Wildman–Crippen LogP) is 6.09. The van der Waals surface area contributed by atoms with Gasteiger partial charge in [0, 0.05) is 11.1 Å². The van der Waals surface area contributed by atoms with Crippen LogP contribution in [-0.2, 0) is 0 Å². The lowest BCUT2D eigenvalue weighted by atomic mass is 10.0. The lowest BCUT2D eigenvalue weighted by Gasteiger charge is -2.08. The summed E-state index contributed by atoms with van der Waals surface area (Å²) < 4.78 is 59.5. The molecule has 0 aliphatic rings. The Morgan fingerprint density at radius 3 is 2.15 bits per heavy atom. The van der Waals surface area contributed by atoms with Crippen molar-refractivity contribution >= 4 is 12.2 Å². The molecule has 3 aromatic carbocycles. The Morgan fingerprint density at radius 2 is 1.46 bits per heavy atom. The van der Waals surface area contributed by atoms with Gasteiger partial charge in [0.15, 0.2) is 23.2 Å². The largest absolute Gasteiger partial charge is 0.494 e. The predicted molar refractivity (Wildman–Crippen MR) is 93.6 cm³/mol. The molecular weight excluding hydrogens is 344 g/mol. The number of rotatable bonds is 4. The summed E-state index contributed by atoms with van der Waals surface area (Å²) in [5.74, 6) is -4.04. The first-order chi connectivity index (χ1) is 12.5. The lowest BCUT2D eigenvalue weighted by Crippen LogP contribution is -1.94. The van der Waals surface area contributed by atoms with Gasteiger partial charge in [0.05, 0.1) is 7.11 Å². The molecule has 3 aromatic rings. The molecule has 0 N–H and O–H groups in total. The van der Waals surface area contributed by atoms with Crippen molar-refractivity contribution in [3.63, 3.8) is 0 Å². The van der Waals surface area contributed by atoms with E-state index in [0.29, 0.717) is 11.1 Å². The van der Waals surface area contributed by atoms with Gasteiger partial charge in [-0.25, -0.2) is 13.2 Å². The van der Waals surface area contributed by atoms with Crippen LogP contribution in [0, 0.1) is 23.3 Å². The maximum Gasteiger partial charge on any atom is 0.201 e. The minimum atomic E-state index is -1.05. The molecule has 0 atom stereocenters. The van der Waals surface area contributed by atoms with Crippen molar-refractivity contribution in [1.82, 2.24) is 0 Å². The maximum atomic E-state index is 14.1. The Morgan fingerprint density at radius 1 is 0.731 bits per heavy atom. The first kappa shape index (κ1) is 17.7. The van der Waals surface area contributed by atoms with Crippen molar-refractivity contribution in [2.45, 2.75) is 0 Å². The summed E-state index contributed by atoms with van der Waals surface area (Å²) in [6.45, 7) is 0. The van der Waals surface area contributed by atoms with Crippen LogP contribution in [0.25, 0.3) is 23.3 Å². The smallest absolute Gasteiger partial charge is 0.201 e. The average molecular weight is 358 g/mol. The van der Waals surface area contributed by atoms with E-state index in [0.717, 1.165) is 6.07 Å². The van der Waals surface area contributed by atoms with Crippen LogP contribution in [0.15, 0.2) is 54.6 Å². The summed E-state index contributed by atoms with van der Waals surface area (Å²) >= 11 is 0. The third kappa shape index (κ3) is 3.47. The van der Waals surface area contributed by atoms with Crippen LogP contribution in [0.2, 0.25) is 0 Å². The molecule has 0 unspecified atom stereocenters. The Bertz CT molecular complexity index is 962. The second kappa shape index (κ2) is 7.44. The molecule has 0 bridgehead atoms. The van der Waals surface area contributed by atoms with Gasteiger partial charge in [-0.05, 0) is 29.3 Å². The van der Waals surface area contributed by atoms with Gasteiger partial charge in [-0.2, -0.15) is 4.39 Å². The molecule has 26 heavy (non-hydrogen) atoms. The van der Waals surface area contributed by atoms with Gasteiger partial charge in [-0.1, -0.05) is 48.6 Å². The van der Waals surface area contributed by atoms with Gasteiger partial charge in [-0.3, -0.25) is 0 Å². The maximum absolute atomic E-state index is 14.1. The molecule has 0 radical (unpaired) electrons. The summed E-state index contributed by atoms with van der Waals surface area (Å²) in [5.41, 5.74) is 1.41. The molecule has 0 aliphatic carbocycles. The van der Waals surface area contributed by atoms with Crippen molar-refractivity contribution < 1.29 is 22.3 Å². The monoisotopic (exact) mass is 358 g/mol. The fraction of sp³-hybridized carbons (Fsp3) is 0.0476. The van der Waals surface area contributed by atoms with Gasteiger partial charge in [0.1, 0.15) is 0 Å². The normalized spacial score (nSPS) is 11.1. The van der Waals surface area contributed by atoms with Crippen LogP contribution in [-0.4, -0.2) is 7.11 Å². The Labute approximate surface area is 148 Å². The Hall–Kier alpha value is -3.08. The number of halogens is 4. The highest BCUT2D eigenvalue weighted by Crippen LogP contribution is 2.30. The van der Waals surface area contributed by atoms with E-state index in [1.807, 2.05) is 0 Å². The highest BCUT2D eigenvalue weighted by molar-refractivity contribution is 5.72. The third-order valence-corrected chi connectivity index (χ3v) is 3.93. The molecular formula is C21H14F4O. The third-order valence-electron chi connectivity index (χ3n) is 3.93. The average Bonchev–Trinajstić information content (AvgIpc) is 2.66. The molecule has 0 amide bonds. The highest BCUT2D eigenvalue weighted by atomic mass is 19.2. The van der Waals surface area contributed by atoms with Crippen LogP contribution in [0.3, 0.4) is 0 Å². The number of ether oxygens (including phenoxy) is 1. The topological polar surface area (TPSA) is 9.23 Å². The summed E-state index contributed by atoms with van der Waals surface area (Å²) in [6, 6.07) is 13.3. The molecule has 0 aromatic heterocycles. The molecule has 0 saturated heterocycles. The van der Waals surface area contributed by atoms with Crippen molar-refractivity contribution in [2.75, 3.05) is 7.11 Å². The van der Waals surface area contributed by atoms with Crippen molar-refractivity contribution in [1.29, 1.82) is 0 Å². The Kier molecular flexibility index (Phi) is 5.07. The van der Waals surface area contributed by atoms with E-state index in [1.54, 1.807) is 30.3 Å². The van der Waals surface area contributed by atoms with Gasteiger partial charge >= 0.3 is 0 Å². The van der Waals surface area contributed by atoms with Crippen molar-refractivity contribution in [2.24, 2.45) is 0 Å². The van der Waals surface area contributed by atoms with E-state index in [2.05, 4.69) is 0 Å². The number of hydrogen-bond donors (Lipinski definition) is 0. The van der Waals surface area contributed by atoms with E-state index in [4.69, 9.17) is 4.74 Å². The van der Waals surface area contributed by atoms with Gasteiger partial charge in [0.2, 0.25) is 5.82 Å². The van der Waals surface area contributed by atoms with Crippen LogP contribution in [0.5, 0.6) is 5.75 Å². The summed E-state index contributed by atoms with van der Waals surface area (Å²) in [5, 5.41) is 0. The molecule has 0 aliphatic heterocycles. The van der Waals surface area contributed by atoms with Crippen molar-refractivity contribution in [3.05, 3.63) is 89.0 Å². The minimum Gasteiger partial charge on any atom is -0.494 e. The molecule has 132 valence electrons. The molecule has 3 rings (SSSR count). The quantitative estimate of drug-likeness (QED) is 0.405. The Balaban J connectivity index is 1.86. The van der Waals surface area contributed by atoms with E-state index >= 15 is 0 Å². The molecule has 0 spiro atoms. The summed E-state index contributed by atoms with van der Waals surface area (Å²) in [7, 11) is 1.26. The zero-order valence-electron chi connectivity index (χ0n) is 13.8. The van der Waals surface area contributed by atoms with Crippen LogP contribution in [0.1, 0.15) is 11.1 Å². The van der Waals surface area contributed by atoms with Gasteiger partial charge < -0.3 is 4.74 Å². The second-order valence-electron chi connectivity index (χ2n) is 5.54. The fourth-order valence-electron chi connectivity index (χ4n) is 2.52. The summed E-state index contributed by atoms with van der Waals surface area (Å²) in [6.07, 6.45) is 3.05. The van der Waals surface area contributed by atoms with Crippen LogP contribution in [0.4, 0.5) is 17.6 Å². The van der Waals surface area contributed by atoms with Crippen LogP contribution < -0.4 is 4.74 Å². The van der Waals surface area contributed by atoms with Crippen LogP contribution >= 0.6 is 0 Å². The first-order valence-electron chi connectivity index (χ1n) is 7.76. The zero-order chi connectivity index (χ0) is 18.7.